The summed E-state index contributed by atoms with van der Waals surface area (Å²) in [7, 11) is 0. The number of rotatable bonds is 5. The van der Waals surface area contributed by atoms with Crippen molar-refractivity contribution >= 4 is 17.4 Å². The number of amides is 2. The predicted octanol–water partition coefficient (Wildman–Crippen LogP) is 6.14. The molecule has 0 saturated carbocycles. The molecule has 0 aliphatic rings. The molecule has 2 heterocycles. The first-order valence-electron chi connectivity index (χ1n) is 9.93. The number of ether oxygens (including phenoxy) is 1. The Kier molecular flexibility index (Phi) is 6.51. The van der Waals surface area contributed by atoms with Crippen LogP contribution in [-0.2, 0) is 12.4 Å². The molecule has 0 saturated heterocycles. The van der Waals surface area contributed by atoms with Gasteiger partial charge in [-0.1, -0.05) is 0 Å². The van der Waals surface area contributed by atoms with Gasteiger partial charge < -0.3 is 15.4 Å². The maximum absolute atomic E-state index is 13.0. The van der Waals surface area contributed by atoms with E-state index in [2.05, 4.69) is 20.3 Å². The van der Waals surface area contributed by atoms with Crippen molar-refractivity contribution in [2.24, 2.45) is 0 Å². The normalized spacial score (nSPS) is 11.7. The standard InChI is InChI=1S/C22H14F6N6O2/c23-21(24,25)13-7-14(22(26,27)28)9-16(8-13)33-20(35)32-15-1-3-17(4-2-15)36-19-10-18(30-11-31-19)34-6-5-29-12-34/h1-12H,(H2,32,33,35). The molecule has 36 heavy (non-hydrogen) atoms. The molecule has 14 heteroatoms. The number of hydrogen-bond acceptors (Lipinski definition) is 5. The number of imidazole rings is 1. The molecular weight excluding hydrogens is 494 g/mol. The van der Waals surface area contributed by atoms with E-state index in [0.717, 1.165) is 0 Å². The van der Waals surface area contributed by atoms with E-state index in [1.54, 1.807) is 29.4 Å². The van der Waals surface area contributed by atoms with E-state index in [9.17, 15) is 31.1 Å². The Balaban J connectivity index is 1.42. The minimum absolute atomic E-state index is 0.0299. The highest BCUT2D eigenvalue weighted by molar-refractivity contribution is 5.99. The molecule has 4 aromatic rings. The molecule has 0 atom stereocenters. The van der Waals surface area contributed by atoms with Crippen LogP contribution < -0.4 is 15.4 Å². The number of hydrogen-bond donors (Lipinski definition) is 2. The van der Waals surface area contributed by atoms with Crippen LogP contribution in [0.15, 0.2) is 73.6 Å². The van der Waals surface area contributed by atoms with Gasteiger partial charge in [-0.2, -0.15) is 26.3 Å². The molecule has 0 aliphatic heterocycles. The van der Waals surface area contributed by atoms with Gasteiger partial charge in [0.25, 0.3) is 0 Å². The minimum atomic E-state index is -5.03. The van der Waals surface area contributed by atoms with Crippen molar-refractivity contribution in [3.8, 4) is 17.4 Å². The summed E-state index contributed by atoms with van der Waals surface area (Å²) < 4.78 is 85.2. The minimum Gasteiger partial charge on any atom is -0.439 e. The van der Waals surface area contributed by atoms with Gasteiger partial charge in [0.15, 0.2) is 0 Å². The third kappa shape index (κ3) is 6.08. The zero-order chi connectivity index (χ0) is 25.9. The topological polar surface area (TPSA) is 94.0 Å². The van der Waals surface area contributed by atoms with Crippen molar-refractivity contribution in [2.45, 2.75) is 12.4 Å². The Morgan fingerprint density at radius 1 is 0.833 bits per heavy atom. The summed E-state index contributed by atoms with van der Waals surface area (Å²) in [5.74, 6) is 1.07. The first-order chi connectivity index (χ1) is 17.0. The van der Waals surface area contributed by atoms with E-state index in [1.165, 1.54) is 30.6 Å². The van der Waals surface area contributed by atoms with E-state index in [1.807, 2.05) is 5.32 Å². The van der Waals surface area contributed by atoms with Crippen LogP contribution in [0.25, 0.3) is 5.82 Å². The second kappa shape index (κ2) is 9.56. The number of carbonyl (C=O) groups is 1. The molecule has 2 aromatic heterocycles. The number of halogens is 6. The summed E-state index contributed by atoms with van der Waals surface area (Å²) in [6.07, 6.45) is -3.97. The Morgan fingerprint density at radius 3 is 2.06 bits per heavy atom. The van der Waals surface area contributed by atoms with E-state index in [-0.39, 0.29) is 17.6 Å². The van der Waals surface area contributed by atoms with Gasteiger partial charge >= 0.3 is 18.4 Å². The molecule has 4 rings (SSSR count). The Bertz CT molecular complexity index is 1320. The van der Waals surface area contributed by atoms with Gasteiger partial charge in [0.05, 0.1) is 11.1 Å². The maximum Gasteiger partial charge on any atom is 0.416 e. The van der Waals surface area contributed by atoms with Crippen molar-refractivity contribution in [1.82, 2.24) is 19.5 Å². The summed E-state index contributed by atoms with van der Waals surface area (Å²) in [5.41, 5.74) is -3.57. The zero-order valence-corrected chi connectivity index (χ0v) is 17.8. The third-order valence-electron chi connectivity index (χ3n) is 4.58. The largest absolute Gasteiger partial charge is 0.439 e. The summed E-state index contributed by atoms with van der Waals surface area (Å²) in [6, 6.07) is 7.08. The Morgan fingerprint density at radius 2 is 1.47 bits per heavy atom. The highest BCUT2D eigenvalue weighted by Gasteiger charge is 2.37. The number of nitrogens with zero attached hydrogens (tertiary/aromatic N) is 4. The number of benzene rings is 2. The number of anilines is 2. The lowest BCUT2D eigenvalue weighted by atomic mass is 10.1. The van der Waals surface area contributed by atoms with E-state index < -0.39 is 35.2 Å². The second-order valence-corrected chi connectivity index (χ2v) is 7.18. The third-order valence-corrected chi connectivity index (χ3v) is 4.58. The monoisotopic (exact) mass is 508 g/mol. The van der Waals surface area contributed by atoms with Crippen molar-refractivity contribution < 1.29 is 35.9 Å². The van der Waals surface area contributed by atoms with Crippen LogP contribution in [0.1, 0.15) is 11.1 Å². The molecule has 2 aromatic carbocycles. The van der Waals surface area contributed by atoms with Crippen molar-refractivity contribution in [3.63, 3.8) is 0 Å². The highest BCUT2D eigenvalue weighted by atomic mass is 19.4. The number of alkyl halides is 6. The first kappa shape index (κ1) is 24.5. The summed E-state index contributed by atoms with van der Waals surface area (Å²) >= 11 is 0. The fraction of sp³-hybridized carbons (Fsp3) is 0.0909. The summed E-state index contributed by atoms with van der Waals surface area (Å²) in [5, 5.41) is 4.31. The summed E-state index contributed by atoms with van der Waals surface area (Å²) in [6.45, 7) is 0. The average Bonchev–Trinajstić information content (AvgIpc) is 3.34. The SMILES string of the molecule is O=C(Nc1ccc(Oc2cc(-n3ccnc3)ncn2)cc1)Nc1cc(C(F)(F)F)cc(C(F)(F)F)c1. The highest BCUT2D eigenvalue weighted by Crippen LogP contribution is 2.37. The molecule has 186 valence electrons. The first-order valence-corrected chi connectivity index (χ1v) is 9.93. The van der Waals surface area contributed by atoms with Gasteiger partial charge in [-0.05, 0) is 42.5 Å². The lowest BCUT2D eigenvalue weighted by molar-refractivity contribution is -0.143. The fourth-order valence-electron chi connectivity index (χ4n) is 2.97. The fourth-order valence-corrected chi connectivity index (χ4v) is 2.97. The number of carbonyl (C=O) groups excluding carboxylic acids is 1. The number of urea groups is 1. The van der Waals surface area contributed by atoms with Crippen LogP contribution >= 0.6 is 0 Å². The Labute approximate surface area is 198 Å². The molecule has 0 spiro atoms. The zero-order valence-electron chi connectivity index (χ0n) is 17.8. The van der Waals surface area contributed by atoms with Crippen LogP contribution in [0.2, 0.25) is 0 Å². The number of aromatic nitrogens is 4. The van der Waals surface area contributed by atoms with Gasteiger partial charge in [0.2, 0.25) is 5.88 Å². The molecule has 0 unspecified atom stereocenters. The Hall–Kier alpha value is -4.62. The maximum atomic E-state index is 13.0. The van der Waals surface area contributed by atoms with Crippen LogP contribution in [0.4, 0.5) is 42.5 Å². The molecular formula is C22H14F6N6O2. The molecule has 0 bridgehead atoms. The van der Waals surface area contributed by atoms with Gasteiger partial charge in [0, 0.05) is 29.8 Å². The molecule has 0 radical (unpaired) electrons. The van der Waals surface area contributed by atoms with Gasteiger partial charge in [-0.15, -0.1) is 0 Å². The molecule has 0 fully saturated rings. The molecule has 2 N–H and O–H groups in total. The lowest BCUT2D eigenvalue weighted by Crippen LogP contribution is -2.20. The van der Waals surface area contributed by atoms with Crippen LogP contribution in [0, 0.1) is 0 Å². The second-order valence-electron chi connectivity index (χ2n) is 7.18. The van der Waals surface area contributed by atoms with Crippen LogP contribution in [0.5, 0.6) is 11.6 Å². The molecule has 8 nitrogen and oxygen atoms in total. The molecule has 2 amide bonds. The smallest absolute Gasteiger partial charge is 0.416 e. The van der Waals surface area contributed by atoms with Crippen molar-refractivity contribution in [3.05, 3.63) is 84.7 Å². The lowest BCUT2D eigenvalue weighted by Gasteiger charge is -2.15. The van der Waals surface area contributed by atoms with Crippen molar-refractivity contribution in [2.75, 3.05) is 10.6 Å². The number of nitrogens with one attached hydrogen (secondary N) is 2. The van der Waals surface area contributed by atoms with Crippen LogP contribution in [-0.4, -0.2) is 25.6 Å². The predicted molar refractivity (Wildman–Crippen MR) is 115 cm³/mol. The summed E-state index contributed by atoms with van der Waals surface area (Å²) in [4.78, 5) is 24.2. The van der Waals surface area contributed by atoms with E-state index in [0.29, 0.717) is 23.7 Å². The van der Waals surface area contributed by atoms with Crippen LogP contribution in [0.3, 0.4) is 0 Å². The van der Waals surface area contributed by atoms with Gasteiger partial charge in [0.1, 0.15) is 24.2 Å². The van der Waals surface area contributed by atoms with Crippen molar-refractivity contribution in [1.29, 1.82) is 0 Å². The van der Waals surface area contributed by atoms with E-state index in [4.69, 9.17) is 4.74 Å². The van der Waals surface area contributed by atoms with E-state index >= 15 is 0 Å². The molecule has 0 aliphatic carbocycles. The van der Waals surface area contributed by atoms with Gasteiger partial charge in [-0.3, -0.25) is 4.57 Å². The van der Waals surface area contributed by atoms with Gasteiger partial charge in [-0.25, -0.2) is 19.7 Å². The average molecular weight is 508 g/mol. The quantitative estimate of drug-likeness (QED) is 0.316.